The molecule has 1 aromatic heterocycles. The summed E-state index contributed by atoms with van der Waals surface area (Å²) in [4.78, 5) is 17.0. The fraction of sp³-hybridized carbons (Fsp3) is 0.294. The number of hydrogen-bond acceptors (Lipinski definition) is 2. The van der Waals surface area contributed by atoms with Crippen LogP contribution in [-0.4, -0.2) is 10.9 Å². The van der Waals surface area contributed by atoms with Crippen LogP contribution in [-0.2, 0) is 10.2 Å². The second-order valence-corrected chi connectivity index (χ2v) is 5.91. The summed E-state index contributed by atoms with van der Waals surface area (Å²) in [5, 5.41) is 3.50. The highest BCUT2D eigenvalue weighted by Gasteiger charge is 2.42. The number of benzene rings is 1. The Kier molecular flexibility index (Phi) is 3.93. The highest BCUT2D eigenvalue weighted by Crippen LogP contribution is 2.41. The highest BCUT2D eigenvalue weighted by molar-refractivity contribution is 6.30. The van der Waals surface area contributed by atoms with Crippen LogP contribution in [0.4, 0.5) is 5.82 Å². The van der Waals surface area contributed by atoms with Gasteiger partial charge in [-0.05, 0) is 30.5 Å². The van der Waals surface area contributed by atoms with Crippen LogP contribution in [0, 0.1) is 0 Å². The largest absolute Gasteiger partial charge is 0.310 e. The van der Waals surface area contributed by atoms with Gasteiger partial charge in [0, 0.05) is 6.20 Å². The van der Waals surface area contributed by atoms with Crippen molar-refractivity contribution in [3.63, 3.8) is 0 Å². The molecule has 1 aromatic carbocycles. The number of carbonyl (C=O) groups excluding carboxylic acids is 1. The van der Waals surface area contributed by atoms with Gasteiger partial charge in [0.2, 0.25) is 5.91 Å². The van der Waals surface area contributed by atoms with E-state index in [2.05, 4.69) is 10.3 Å². The fourth-order valence-electron chi connectivity index (χ4n) is 3.07. The van der Waals surface area contributed by atoms with Crippen molar-refractivity contribution >= 4 is 23.3 Å². The Morgan fingerprint density at radius 3 is 2.43 bits per heavy atom. The second-order valence-electron chi connectivity index (χ2n) is 5.47. The first kappa shape index (κ1) is 14.1. The molecule has 108 valence electrons. The van der Waals surface area contributed by atoms with Crippen LogP contribution < -0.4 is 5.32 Å². The molecule has 1 heterocycles. The average Bonchev–Trinajstić information content (AvgIpc) is 3.01. The van der Waals surface area contributed by atoms with Gasteiger partial charge in [-0.1, -0.05) is 54.8 Å². The van der Waals surface area contributed by atoms with Crippen molar-refractivity contribution in [2.24, 2.45) is 0 Å². The SMILES string of the molecule is O=C(Nc1ccc(Cl)cn1)C1(c2ccccc2)CCCC1. The summed E-state index contributed by atoms with van der Waals surface area (Å²) in [6.07, 6.45) is 5.47. The van der Waals surface area contributed by atoms with Crippen LogP contribution in [0.3, 0.4) is 0 Å². The van der Waals surface area contributed by atoms with E-state index < -0.39 is 5.41 Å². The molecule has 0 unspecified atom stereocenters. The van der Waals surface area contributed by atoms with Gasteiger partial charge in [0.15, 0.2) is 0 Å². The van der Waals surface area contributed by atoms with E-state index in [1.807, 2.05) is 30.3 Å². The molecule has 0 radical (unpaired) electrons. The zero-order chi connectivity index (χ0) is 14.7. The third kappa shape index (κ3) is 2.79. The molecule has 0 saturated heterocycles. The Balaban J connectivity index is 1.87. The van der Waals surface area contributed by atoms with Crippen LogP contribution in [0.25, 0.3) is 0 Å². The minimum atomic E-state index is -0.428. The van der Waals surface area contributed by atoms with Crippen molar-refractivity contribution in [1.82, 2.24) is 4.98 Å². The van der Waals surface area contributed by atoms with Crippen molar-refractivity contribution in [2.75, 3.05) is 5.32 Å². The number of hydrogen-bond donors (Lipinski definition) is 1. The van der Waals surface area contributed by atoms with Crippen LogP contribution in [0.2, 0.25) is 5.02 Å². The summed E-state index contributed by atoms with van der Waals surface area (Å²) in [6, 6.07) is 13.5. The minimum Gasteiger partial charge on any atom is -0.310 e. The fourth-order valence-corrected chi connectivity index (χ4v) is 3.18. The number of anilines is 1. The molecule has 1 N–H and O–H groups in total. The summed E-state index contributed by atoms with van der Waals surface area (Å²) in [7, 11) is 0. The van der Waals surface area contributed by atoms with Gasteiger partial charge in [-0.3, -0.25) is 4.79 Å². The molecule has 1 fully saturated rings. The molecule has 1 aliphatic rings. The van der Waals surface area contributed by atoms with Crippen LogP contribution in [0.1, 0.15) is 31.2 Å². The number of rotatable bonds is 3. The van der Waals surface area contributed by atoms with E-state index in [1.165, 1.54) is 0 Å². The maximum Gasteiger partial charge on any atom is 0.236 e. The number of aromatic nitrogens is 1. The van der Waals surface area contributed by atoms with Gasteiger partial charge >= 0.3 is 0 Å². The number of amides is 1. The van der Waals surface area contributed by atoms with Gasteiger partial charge in [0.1, 0.15) is 5.82 Å². The Morgan fingerprint density at radius 1 is 1.10 bits per heavy atom. The quantitative estimate of drug-likeness (QED) is 0.923. The smallest absolute Gasteiger partial charge is 0.236 e. The van der Waals surface area contributed by atoms with Gasteiger partial charge in [-0.2, -0.15) is 0 Å². The summed E-state index contributed by atoms with van der Waals surface area (Å²) in [5.41, 5.74) is 0.664. The lowest BCUT2D eigenvalue weighted by Crippen LogP contribution is -2.38. The van der Waals surface area contributed by atoms with E-state index in [0.717, 1.165) is 31.2 Å². The highest BCUT2D eigenvalue weighted by atomic mass is 35.5. The van der Waals surface area contributed by atoms with E-state index in [4.69, 9.17) is 11.6 Å². The van der Waals surface area contributed by atoms with Gasteiger partial charge in [0.05, 0.1) is 10.4 Å². The predicted octanol–water partition coefficient (Wildman–Crippen LogP) is 4.19. The molecule has 0 bridgehead atoms. The van der Waals surface area contributed by atoms with Gasteiger partial charge in [0.25, 0.3) is 0 Å². The molecule has 0 aliphatic heterocycles. The summed E-state index contributed by atoms with van der Waals surface area (Å²) < 4.78 is 0. The molecule has 1 amide bonds. The molecule has 3 rings (SSSR count). The lowest BCUT2D eigenvalue weighted by atomic mass is 9.78. The standard InChI is InChI=1S/C17H17ClN2O/c18-14-8-9-15(19-12-14)20-16(21)17(10-4-5-11-17)13-6-2-1-3-7-13/h1-3,6-9,12H,4-5,10-11H2,(H,19,20,21). The Hall–Kier alpha value is -1.87. The molecular weight excluding hydrogens is 284 g/mol. The van der Waals surface area contributed by atoms with E-state index in [-0.39, 0.29) is 5.91 Å². The zero-order valence-corrected chi connectivity index (χ0v) is 12.4. The van der Waals surface area contributed by atoms with Crippen LogP contribution >= 0.6 is 11.6 Å². The van der Waals surface area contributed by atoms with Crippen molar-refractivity contribution < 1.29 is 4.79 Å². The number of nitrogens with zero attached hydrogens (tertiary/aromatic N) is 1. The summed E-state index contributed by atoms with van der Waals surface area (Å²) >= 11 is 5.82. The zero-order valence-electron chi connectivity index (χ0n) is 11.7. The summed E-state index contributed by atoms with van der Waals surface area (Å²) in [5.74, 6) is 0.577. The maximum atomic E-state index is 12.8. The van der Waals surface area contributed by atoms with Crippen molar-refractivity contribution in [2.45, 2.75) is 31.1 Å². The molecule has 2 aromatic rings. The van der Waals surface area contributed by atoms with E-state index in [0.29, 0.717) is 10.8 Å². The molecule has 1 saturated carbocycles. The molecule has 3 nitrogen and oxygen atoms in total. The Morgan fingerprint density at radius 2 is 1.81 bits per heavy atom. The lowest BCUT2D eigenvalue weighted by molar-refractivity contribution is -0.121. The number of pyridine rings is 1. The number of halogens is 1. The van der Waals surface area contributed by atoms with E-state index in [9.17, 15) is 4.79 Å². The number of nitrogens with one attached hydrogen (secondary N) is 1. The number of carbonyl (C=O) groups is 1. The normalized spacial score (nSPS) is 16.6. The lowest BCUT2D eigenvalue weighted by Gasteiger charge is -2.28. The third-order valence-electron chi connectivity index (χ3n) is 4.19. The first-order valence-corrected chi connectivity index (χ1v) is 7.57. The van der Waals surface area contributed by atoms with E-state index >= 15 is 0 Å². The van der Waals surface area contributed by atoms with Gasteiger partial charge < -0.3 is 5.32 Å². The molecule has 4 heteroatoms. The Labute approximate surface area is 129 Å². The average molecular weight is 301 g/mol. The van der Waals surface area contributed by atoms with Crippen molar-refractivity contribution in [3.8, 4) is 0 Å². The first-order valence-electron chi connectivity index (χ1n) is 7.19. The predicted molar refractivity (Wildman–Crippen MR) is 84.5 cm³/mol. The van der Waals surface area contributed by atoms with Crippen LogP contribution in [0.5, 0.6) is 0 Å². The molecular formula is C17H17ClN2O. The Bertz CT molecular complexity index is 619. The topological polar surface area (TPSA) is 42.0 Å². The maximum absolute atomic E-state index is 12.8. The van der Waals surface area contributed by atoms with Gasteiger partial charge in [-0.15, -0.1) is 0 Å². The summed E-state index contributed by atoms with van der Waals surface area (Å²) in [6.45, 7) is 0. The molecule has 21 heavy (non-hydrogen) atoms. The molecule has 0 spiro atoms. The molecule has 1 aliphatic carbocycles. The first-order chi connectivity index (χ1) is 10.2. The minimum absolute atomic E-state index is 0.0287. The third-order valence-corrected chi connectivity index (χ3v) is 4.41. The van der Waals surface area contributed by atoms with Crippen molar-refractivity contribution in [3.05, 3.63) is 59.2 Å². The van der Waals surface area contributed by atoms with Crippen molar-refractivity contribution in [1.29, 1.82) is 0 Å². The second kappa shape index (κ2) is 5.86. The van der Waals surface area contributed by atoms with Gasteiger partial charge in [-0.25, -0.2) is 4.98 Å². The van der Waals surface area contributed by atoms with Crippen LogP contribution in [0.15, 0.2) is 48.7 Å². The van der Waals surface area contributed by atoms with E-state index in [1.54, 1.807) is 18.3 Å². The monoisotopic (exact) mass is 300 g/mol. The molecule has 0 atom stereocenters.